The molecule has 0 aliphatic heterocycles. The highest BCUT2D eigenvalue weighted by molar-refractivity contribution is 6.01. The van der Waals surface area contributed by atoms with Gasteiger partial charge in [0.05, 0.1) is 29.8 Å². The smallest absolute Gasteiger partial charge is 0.316 e. The zero-order chi connectivity index (χ0) is 29.2. The van der Waals surface area contributed by atoms with E-state index in [4.69, 9.17) is 4.74 Å². The van der Waals surface area contributed by atoms with Gasteiger partial charge in [0.25, 0.3) is 11.5 Å². The van der Waals surface area contributed by atoms with Crippen LogP contribution in [-0.4, -0.2) is 42.2 Å². The second kappa shape index (κ2) is 11.0. The highest BCUT2D eigenvalue weighted by Crippen LogP contribution is 2.24. The Hall–Kier alpha value is -5.82. The number of aromatic nitrogens is 6. The molecule has 10 heteroatoms. The van der Waals surface area contributed by atoms with Crippen molar-refractivity contribution in [2.75, 3.05) is 7.11 Å². The third-order valence-corrected chi connectivity index (χ3v) is 6.83. The number of aryl methyl sites for hydroxylation is 1. The lowest BCUT2D eigenvalue weighted by Gasteiger charge is -2.21. The number of pyridine rings is 1. The van der Waals surface area contributed by atoms with Crippen LogP contribution in [0.1, 0.15) is 45.8 Å². The molecule has 0 radical (unpaired) electrons. The summed E-state index contributed by atoms with van der Waals surface area (Å²) in [4.78, 5) is 40.3. The number of hydrogen-bond donors (Lipinski definition) is 1. The van der Waals surface area contributed by atoms with Crippen LogP contribution in [0.4, 0.5) is 0 Å². The monoisotopic (exact) mass is 555 g/mol. The number of hydrogen-bond acceptors (Lipinski definition) is 7. The van der Waals surface area contributed by atoms with Crippen molar-refractivity contribution in [2.45, 2.75) is 19.9 Å². The minimum absolute atomic E-state index is 0.248. The molecule has 0 bridgehead atoms. The molecule has 0 aliphatic rings. The zero-order valence-corrected chi connectivity index (χ0v) is 23.1. The Kier molecular flexibility index (Phi) is 6.90. The van der Waals surface area contributed by atoms with E-state index >= 15 is 0 Å². The molecule has 1 amide bonds. The number of amides is 1. The standard InChI is InChI=1S/C32H25N7O3/c1-20(36-30(40)27-21(2)37-38-16-8-15-33-29(27)38)26-17-24-10-7-9-23(14-13-22-18-34-32(42-3)35-19-22)28(24)31(41)39(26)25-11-5-4-6-12-25/h4-12,15-20H,1-3H3,(H,36,40). The molecule has 0 saturated carbocycles. The van der Waals surface area contributed by atoms with Crippen LogP contribution in [0.25, 0.3) is 22.1 Å². The van der Waals surface area contributed by atoms with Gasteiger partial charge in [-0.1, -0.05) is 42.2 Å². The van der Waals surface area contributed by atoms with Crippen LogP contribution in [0.3, 0.4) is 0 Å². The fraction of sp³-hybridized carbons (Fsp3) is 0.125. The Morgan fingerprint density at radius 2 is 1.79 bits per heavy atom. The molecule has 0 spiro atoms. The van der Waals surface area contributed by atoms with Gasteiger partial charge in [0.15, 0.2) is 5.65 Å². The molecule has 6 rings (SSSR count). The third-order valence-electron chi connectivity index (χ3n) is 6.83. The van der Waals surface area contributed by atoms with E-state index in [0.717, 1.165) is 0 Å². The number of nitrogens with zero attached hydrogens (tertiary/aromatic N) is 6. The molecule has 6 aromatic rings. The van der Waals surface area contributed by atoms with Crippen molar-refractivity contribution in [1.29, 1.82) is 0 Å². The van der Waals surface area contributed by atoms with Crippen LogP contribution in [0.15, 0.2) is 90.2 Å². The summed E-state index contributed by atoms with van der Waals surface area (Å²) >= 11 is 0. The minimum Gasteiger partial charge on any atom is -0.467 e. The molecule has 2 aromatic carbocycles. The van der Waals surface area contributed by atoms with E-state index in [2.05, 4.69) is 37.2 Å². The van der Waals surface area contributed by atoms with Gasteiger partial charge in [0.1, 0.15) is 5.56 Å². The number of methoxy groups -OCH3 is 1. The predicted octanol–water partition coefficient (Wildman–Crippen LogP) is 4.03. The summed E-state index contributed by atoms with van der Waals surface area (Å²) < 4.78 is 8.21. The Labute approximate surface area is 240 Å². The number of nitrogens with one attached hydrogen (secondary N) is 1. The lowest BCUT2D eigenvalue weighted by molar-refractivity contribution is 0.0939. The predicted molar refractivity (Wildman–Crippen MR) is 158 cm³/mol. The molecule has 4 aromatic heterocycles. The topological polar surface area (TPSA) is 116 Å². The van der Waals surface area contributed by atoms with Gasteiger partial charge in [0, 0.05) is 41.7 Å². The maximum Gasteiger partial charge on any atom is 0.316 e. The summed E-state index contributed by atoms with van der Waals surface area (Å²) in [6.45, 7) is 3.62. The normalized spacial score (nSPS) is 11.6. The van der Waals surface area contributed by atoms with Crippen molar-refractivity contribution in [3.8, 4) is 23.5 Å². The quantitative estimate of drug-likeness (QED) is 0.319. The maximum atomic E-state index is 14.2. The van der Waals surface area contributed by atoms with Gasteiger partial charge >= 0.3 is 6.01 Å². The summed E-state index contributed by atoms with van der Waals surface area (Å²) in [6.07, 6.45) is 6.50. The van der Waals surface area contributed by atoms with Gasteiger partial charge in [-0.2, -0.15) is 5.10 Å². The Morgan fingerprint density at radius 3 is 2.55 bits per heavy atom. The molecule has 0 fully saturated rings. The van der Waals surface area contributed by atoms with Crippen LogP contribution in [0, 0.1) is 18.8 Å². The van der Waals surface area contributed by atoms with Gasteiger partial charge in [-0.25, -0.2) is 19.5 Å². The summed E-state index contributed by atoms with van der Waals surface area (Å²) in [7, 11) is 1.49. The number of rotatable bonds is 5. The Bertz CT molecular complexity index is 2070. The average molecular weight is 556 g/mol. The lowest BCUT2D eigenvalue weighted by Crippen LogP contribution is -2.32. The van der Waals surface area contributed by atoms with Gasteiger partial charge < -0.3 is 10.1 Å². The van der Waals surface area contributed by atoms with Crippen LogP contribution in [-0.2, 0) is 0 Å². The van der Waals surface area contributed by atoms with E-state index in [9.17, 15) is 9.59 Å². The highest BCUT2D eigenvalue weighted by Gasteiger charge is 2.23. The van der Waals surface area contributed by atoms with Crippen molar-refractivity contribution in [3.05, 3.63) is 124 Å². The SMILES string of the molecule is COc1ncc(C#Cc2cccc3cc(C(C)NC(=O)c4c(C)nn5cccnc45)n(-c4ccccc4)c(=O)c23)cn1. The molecule has 0 aliphatic carbocycles. The molecular weight excluding hydrogens is 530 g/mol. The van der Waals surface area contributed by atoms with Crippen LogP contribution in [0.2, 0.25) is 0 Å². The largest absolute Gasteiger partial charge is 0.467 e. The molecule has 1 N–H and O–H groups in total. The van der Waals surface area contributed by atoms with Gasteiger partial charge in [-0.15, -0.1) is 0 Å². The number of carbonyl (C=O) groups is 1. The minimum atomic E-state index is -0.543. The van der Waals surface area contributed by atoms with E-state index in [0.29, 0.717) is 50.2 Å². The molecular formula is C32H25N7O3. The number of ether oxygens (including phenoxy) is 1. The Morgan fingerprint density at radius 1 is 1.00 bits per heavy atom. The first kappa shape index (κ1) is 26.4. The summed E-state index contributed by atoms with van der Waals surface area (Å²) in [5, 5.41) is 8.63. The highest BCUT2D eigenvalue weighted by atomic mass is 16.5. The van der Waals surface area contributed by atoms with Crippen LogP contribution < -0.4 is 15.6 Å². The molecule has 4 heterocycles. The molecule has 10 nitrogen and oxygen atoms in total. The molecule has 42 heavy (non-hydrogen) atoms. The first-order valence-electron chi connectivity index (χ1n) is 13.2. The maximum absolute atomic E-state index is 14.2. The summed E-state index contributed by atoms with van der Waals surface area (Å²) in [5.74, 6) is 5.82. The van der Waals surface area contributed by atoms with Crippen molar-refractivity contribution in [1.82, 2.24) is 34.4 Å². The number of carbonyl (C=O) groups excluding carboxylic acids is 1. The number of fused-ring (bicyclic) bond motifs is 2. The fourth-order valence-electron chi connectivity index (χ4n) is 4.88. The van der Waals surface area contributed by atoms with Gasteiger partial charge in [-0.3, -0.25) is 14.2 Å². The lowest BCUT2D eigenvalue weighted by atomic mass is 10.0. The summed E-state index contributed by atoms with van der Waals surface area (Å²) in [6, 6.07) is 18.2. The van der Waals surface area contributed by atoms with E-state index in [-0.39, 0.29) is 17.5 Å². The first-order chi connectivity index (χ1) is 20.4. The van der Waals surface area contributed by atoms with Crippen molar-refractivity contribution in [2.24, 2.45) is 0 Å². The van der Waals surface area contributed by atoms with Crippen LogP contribution in [0.5, 0.6) is 6.01 Å². The number of benzene rings is 2. The molecule has 206 valence electrons. The second-order valence-corrected chi connectivity index (χ2v) is 9.57. The molecule has 1 atom stereocenters. The van der Waals surface area contributed by atoms with Crippen molar-refractivity contribution in [3.63, 3.8) is 0 Å². The van der Waals surface area contributed by atoms with E-state index in [1.807, 2.05) is 61.5 Å². The third kappa shape index (κ3) is 4.84. The Balaban J connectivity index is 1.46. The van der Waals surface area contributed by atoms with Gasteiger partial charge in [0.2, 0.25) is 0 Å². The molecule has 0 saturated heterocycles. The zero-order valence-electron chi connectivity index (χ0n) is 23.1. The first-order valence-corrected chi connectivity index (χ1v) is 13.2. The van der Waals surface area contributed by atoms with Crippen molar-refractivity contribution >= 4 is 22.3 Å². The summed E-state index contributed by atoms with van der Waals surface area (Å²) in [5.41, 5.74) is 3.59. The number of para-hydroxylation sites is 1. The van der Waals surface area contributed by atoms with Crippen molar-refractivity contribution < 1.29 is 9.53 Å². The van der Waals surface area contributed by atoms with E-state index in [1.54, 1.807) is 46.9 Å². The van der Waals surface area contributed by atoms with Crippen LogP contribution >= 0.6 is 0 Å². The van der Waals surface area contributed by atoms with E-state index in [1.165, 1.54) is 7.11 Å². The van der Waals surface area contributed by atoms with Gasteiger partial charge in [-0.05, 0) is 49.6 Å². The van der Waals surface area contributed by atoms with E-state index < -0.39 is 6.04 Å². The second-order valence-electron chi connectivity index (χ2n) is 9.57. The average Bonchev–Trinajstić information content (AvgIpc) is 3.36. The fourth-order valence-corrected chi connectivity index (χ4v) is 4.88. The molecule has 1 unspecified atom stereocenters.